The van der Waals surface area contributed by atoms with Crippen molar-refractivity contribution in [3.05, 3.63) is 53.5 Å². The first-order valence-corrected chi connectivity index (χ1v) is 11.1. The third-order valence-electron chi connectivity index (χ3n) is 5.53. The fraction of sp³-hybridized carbons (Fsp3) is 0.286. The SMILES string of the molecule is Cc1cc2cncc(-c3ccc4c(c3)CS(=O)(=O)N4C)c2nc1C(=O)NC1CC1. The van der Waals surface area contributed by atoms with Crippen molar-refractivity contribution in [1.82, 2.24) is 15.3 Å². The molecular formula is C21H20N4O3S. The smallest absolute Gasteiger partial charge is 0.270 e. The monoisotopic (exact) mass is 408 g/mol. The predicted molar refractivity (Wildman–Crippen MR) is 111 cm³/mol. The largest absolute Gasteiger partial charge is 0.348 e. The van der Waals surface area contributed by atoms with Gasteiger partial charge in [0, 0.05) is 36.4 Å². The molecule has 29 heavy (non-hydrogen) atoms. The summed E-state index contributed by atoms with van der Waals surface area (Å²) in [6.07, 6.45) is 5.47. The predicted octanol–water partition coefficient (Wildman–Crippen LogP) is 2.78. The van der Waals surface area contributed by atoms with Gasteiger partial charge in [-0.25, -0.2) is 13.4 Å². The van der Waals surface area contributed by atoms with Crippen molar-refractivity contribution in [3.63, 3.8) is 0 Å². The van der Waals surface area contributed by atoms with E-state index in [1.54, 1.807) is 19.4 Å². The molecule has 1 N–H and O–H groups in total. The van der Waals surface area contributed by atoms with E-state index in [-0.39, 0.29) is 17.7 Å². The van der Waals surface area contributed by atoms with E-state index in [1.807, 2.05) is 31.2 Å². The van der Waals surface area contributed by atoms with Crippen molar-refractivity contribution in [1.29, 1.82) is 0 Å². The van der Waals surface area contributed by atoms with Gasteiger partial charge in [0.25, 0.3) is 5.91 Å². The highest BCUT2D eigenvalue weighted by atomic mass is 32.2. The van der Waals surface area contributed by atoms with Gasteiger partial charge in [0.15, 0.2) is 0 Å². The Morgan fingerprint density at radius 2 is 2.00 bits per heavy atom. The molecule has 148 valence electrons. The number of rotatable bonds is 3. The van der Waals surface area contributed by atoms with Crippen LogP contribution in [0.25, 0.3) is 22.0 Å². The highest BCUT2D eigenvalue weighted by Crippen LogP contribution is 2.36. The zero-order valence-corrected chi connectivity index (χ0v) is 17.0. The Morgan fingerprint density at radius 3 is 2.76 bits per heavy atom. The zero-order chi connectivity index (χ0) is 20.3. The van der Waals surface area contributed by atoms with Gasteiger partial charge in [-0.05, 0) is 54.7 Å². The van der Waals surface area contributed by atoms with Crippen molar-refractivity contribution in [2.24, 2.45) is 0 Å². The molecule has 0 saturated heterocycles. The summed E-state index contributed by atoms with van der Waals surface area (Å²) in [5, 5.41) is 3.83. The summed E-state index contributed by atoms with van der Waals surface area (Å²) in [6.45, 7) is 1.87. The van der Waals surface area contributed by atoms with Gasteiger partial charge in [0.2, 0.25) is 10.0 Å². The van der Waals surface area contributed by atoms with Gasteiger partial charge >= 0.3 is 0 Å². The van der Waals surface area contributed by atoms with E-state index in [0.29, 0.717) is 16.9 Å². The van der Waals surface area contributed by atoms with E-state index < -0.39 is 10.0 Å². The number of aromatic nitrogens is 2. The number of anilines is 1. The Labute approximate surface area is 168 Å². The summed E-state index contributed by atoms with van der Waals surface area (Å²) >= 11 is 0. The molecule has 8 heteroatoms. The summed E-state index contributed by atoms with van der Waals surface area (Å²) in [5.74, 6) is -0.178. The lowest BCUT2D eigenvalue weighted by atomic mass is 10.0. The standard InChI is InChI=1S/C21H20N4O3S/c1-12-7-14-9-22-10-17(20(14)24-19(12)21(26)23-16-4-5-16)13-3-6-18-15(8-13)11-29(27,28)25(18)2/h3,6-10,16H,4-5,11H2,1-2H3,(H,23,26). The number of pyridine rings is 2. The molecule has 0 radical (unpaired) electrons. The molecule has 5 rings (SSSR count). The van der Waals surface area contributed by atoms with Crippen LogP contribution in [0.5, 0.6) is 0 Å². The normalized spacial score (nSPS) is 17.4. The maximum atomic E-state index is 12.6. The quantitative estimate of drug-likeness (QED) is 0.719. The summed E-state index contributed by atoms with van der Waals surface area (Å²) in [6, 6.07) is 7.73. The summed E-state index contributed by atoms with van der Waals surface area (Å²) < 4.78 is 25.7. The molecule has 0 bridgehead atoms. The van der Waals surface area contributed by atoms with Crippen LogP contribution in [0.1, 0.15) is 34.5 Å². The molecule has 2 aromatic heterocycles. The molecule has 1 saturated carbocycles. The van der Waals surface area contributed by atoms with Crippen LogP contribution in [-0.4, -0.2) is 37.4 Å². The van der Waals surface area contributed by atoms with Crippen molar-refractivity contribution in [2.75, 3.05) is 11.4 Å². The van der Waals surface area contributed by atoms with Crippen LogP contribution in [0, 0.1) is 6.92 Å². The molecule has 1 amide bonds. The van der Waals surface area contributed by atoms with Crippen LogP contribution in [-0.2, 0) is 15.8 Å². The minimum absolute atomic E-state index is 0.0214. The van der Waals surface area contributed by atoms with Crippen LogP contribution >= 0.6 is 0 Å². The zero-order valence-electron chi connectivity index (χ0n) is 16.1. The summed E-state index contributed by atoms with van der Waals surface area (Å²) in [7, 11) is -1.74. The van der Waals surface area contributed by atoms with Crippen LogP contribution < -0.4 is 9.62 Å². The molecule has 1 aliphatic carbocycles. The number of carbonyl (C=O) groups excluding carboxylic acids is 1. The highest BCUT2D eigenvalue weighted by Gasteiger charge is 2.30. The molecule has 1 aliphatic heterocycles. The molecule has 3 heterocycles. The lowest BCUT2D eigenvalue weighted by molar-refractivity contribution is 0.0946. The average molecular weight is 408 g/mol. The Balaban J connectivity index is 1.63. The average Bonchev–Trinajstić information content (AvgIpc) is 3.46. The number of hydrogen-bond acceptors (Lipinski definition) is 5. The molecule has 1 aromatic carbocycles. The van der Waals surface area contributed by atoms with E-state index in [2.05, 4.69) is 15.3 Å². The first-order chi connectivity index (χ1) is 13.8. The topological polar surface area (TPSA) is 92.3 Å². The van der Waals surface area contributed by atoms with Gasteiger partial charge in [0.05, 0.1) is 17.0 Å². The Kier molecular flexibility index (Phi) is 3.89. The number of nitrogens with zero attached hydrogens (tertiary/aromatic N) is 3. The van der Waals surface area contributed by atoms with Crippen molar-refractivity contribution < 1.29 is 13.2 Å². The van der Waals surface area contributed by atoms with Crippen LogP contribution in [0.3, 0.4) is 0 Å². The van der Waals surface area contributed by atoms with E-state index in [1.165, 1.54) is 4.31 Å². The lowest BCUT2D eigenvalue weighted by Crippen LogP contribution is -2.27. The first-order valence-electron chi connectivity index (χ1n) is 9.49. The van der Waals surface area contributed by atoms with Gasteiger partial charge in [-0.2, -0.15) is 0 Å². The number of nitrogens with one attached hydrogen (secondary N) is 1. The van der Waals surface area contributed by atoms with Gasteiger partial charge in [-0.15, -0.1) is 0 Å². The van der Waals surface area contributed by atoms with Crippen LogP contribution in [0.2, 0.25) is 0 Å². The maximum Gasteiger partial charge on any atom is 0.270 e. The molecule has 0 spiro atoms. The van der Waals surface area contributed by atoms with E-state index >= 15 is 0 Å². The van der Waals surface area contributed by atoms with Crippen LogP contribution in [0.4, 0.5) is 5.69 Å². The van der Waals surface area contributed by atoms with Gasteiger partial charge in [-0.3, -0.25) is 14.1 Å². The van der Waals surface area contributed by atoms with Crippen molar-refractivity contribution in [3.8, 4) is 11.1 Å². The van der Waals surface area contributed by atoms with Crippen LogP contribution in [0.15, 0.2) is 36.7 Å². The minimum atomic E-state index is -3.31. The van der Waals surface area contributed by atoms with Crippen molar-refractivity contribution in [2.45, 2.75) is 31.6 Å². The minimum Gasteiger partial charge on any atom is -0.348 e. The Bertz CT molecular complexity index is 1280. The maximum absolute atomic E-state index is 12.6. The summed E-state index contributed by atoms with van der Waals surface area (Å²) in [4.78, 5) is 21.6. The highest BCUT2D eigenvalue weighted by molar-refractivity contribution is 7.92. The number of aryl methyl sites for hydroxylation is 1. The molecule has 7 nitrogen and oxygen atoms in total. The molecule has 2 aliphatic rings. The van der Waals surface area contributed by atoms with Gasteiger partial charge in [0.1, 0.15) is 5.69 Å². The fourth-order valence-electron chi connectivity index (χ4n) is 3.74. The molecule has 0 atom stereocenters. The Hall–Kier alpha value is -3.00. The van der Waals surface area contributed by atoms with E-state index in [0.717, 1.165) is 40.5 Å². The fourth-order valence-corrected chi connectivity index (χ4v) is 5.04. The number of benzene rings is 1. The number of sulfonamides is 1. The number of hydrogen-bond donors (Lipinski definition) is 1. The van der Waals surface area contributed by atoms with Crippen molar-refractivity contribution >= 4 is 32.5 Å². The first kappa shape index (κ1) is 18.1. The molecule has 3 aromatic rings. The second-order valence-electron chi connectivity index (χ2n) is 7.73. The molecule has 0 unspecified atom stereocenters. The number of carbonyl (C=O) groups is 1. The third-order valence-corrected chi connectivity index (χ3v) is 7.23. The molecular weight excluding hydrogens is 388 g/mol. The third kappa shape index (κ3) is 3.04. The summed E-state index contributed by atoms with van der Waals surface area (Å²) in [5.41, 5.74) is 4.95. The van der Waals surface area contributed by atoms with Gasteiger partial charge in [-0.1, -0.05) is 6.07 Å². The number of fused-ring (bicyclic) bond motifs is 2. The second-order valence-corrected chi connectivity index (χ2v) is 9.73. The Morgan fingerprint density at radius 1 is 1.21 bits per heavy atom. The van der Waals surface area contributed by atoms with E-state index in [9.17, 15) is 13.2 Å². The molecule has 1 fully saturated rings. The number of amides is 1. The van der Waals surface area contributed by atoms with E-state index in [4.69, 9.17) is 0 Å². The van der Waals surface area contributed by atoms with Gasteiger partial charge < -0.3 is 5.32 Å². The second kappa shape index (κ2) is 6.25. The lowest BCUT2D eigenvalue weighted by Gasteiger charge is -2.13.